The minimum absolute atomic E-state index is 0.336. The summed E-state index contributed by atoms with van der Waals surface area (Å²) in [5.41, 5.74) is 0. The van der Waals surface area contributed by atoms with Gasteiger partial charge in [-0.2, -0.15) is 0 Å². The minimum Gasteiger partial charge on any atom is -0.457 e. The van der Waals surface area contributed by atoms with E-state index in [1.807, 2.05) is 0 Å². The normalized spacial score (nSPS) is 11.1. The van der Waals surface area contributed by atoms with Gasteiger partial charge < -0.3 is 9.64 Å². The summed E-state index contributed by atoms with van der Waals surface area (Å²) in [7, 11) is 0. The Morgan fingerprint density at radius 3 is 2.21 bits per heavy atom. The van der Waals surface area contributed by atoms with Crippen molar-refractivity contribution in [3.8, 4) is 0 Å². The Hall–Kier alpha value is -0.830. The summed E-state index contributed by atoms with van der Waals surface area (Å²) in [6.07, 6.45) is 1.20. The van der Waals surface area contributed by atoms with Crippen LogP contribution in [0.25, 0.3) is 0 Å². The molecule has 0 aliphatic carbocycles. The van der Waals surface area contributed by atoms with Crippen LogP contribution >= 0.6 is 0 Å². The fourth-order valence-electron chi connectivity index (χ4n) is 1.57. The molecule has 0 aromatic carbocycles. The molecule has 0 radical (unpaired) electrons. The molecule has 3 heteroatoms. The summed E-state index contributed by atoms with van der Waals surface area (Å²) in [5, 5.41) is 0. The largest absolute Gasteiger partial charge is 0.457 e. The Bertz CT molecular complexity index is 180. The highest BCUT2D eigenvalue weighted by Crippen LogP contribution is 1.80. The predicted octanol–water partition coefficient (Wildman–Crippen LogP) is 0.417. The molecule has 0 rings (SSSR count). The van der Waals surface area contributed by atoms with Crippen LogP contribution in [0.4, 0.5) is 0 Å². The fourth-order valence-corrected chi connectivity index (χ4v) is 1.57. The fraction of sp³-hybridized carbons (Fsp3) is 0.727. The van der Waals surface area contributed by atoms with Gasteiger partial charge in [-0.3, -0.25) is 0 Å². The van der Waals surface area contributed by atoms with Crippen molar-refractivity contribution in [1.82, 2.24) is 0 Å². The molecule has 0 saturated carbocycles. The minimum atomic E-state index is -0.336. The number of esters is 1. The van der Waals surface area contributed by atoms with Gasteiger partial charge in [0, 0.05) is 6.08 Å². The van der Waals surface area contributed by atoms with Crippen molar-refractivity contribution in [3.63, 3.8) is 0 Å². The molecule has 0 unspecified atom stereocenters. The summed E-state index contributed by atoms with van der Waals surface area (Å²) >= 11 is 0. The highest BCUT2D eigenvalue weighted by atomic mass is 16.5. The molecule has 0 amide bonds. The summed E-state index contributed by atoms with van der Waals surface area (Å²) < 4.78 is 4.94. The SMILES string of the molecule is C=CC(=O)OCC[NH+](C(C)C)C(C)C. The number of quaternary nitrogens is 1. The summed E-state index contributed by atoms with van der Waals surface area (Å²) in [4.78, 5) is 12.2. The van der Waals surface area contributed by atoms with E-state index in [1.54, 1.807) is 0 Å². The van der Waals surface area contributed by atoms with Gasteiger partial charge in [-0.05, 0) is 27.7 Å². The van der Waals surface area contributed by atoms with Crippen LogP contribution in [0.15, 0.2) is 12.7 Å². The van der Waals surface area contributed by atoms with Gasteiger partial charge in [-0.25, -0.2) is 4.79 Å². The number of rotatable bonds is 6. The second kappa shape index (κ2) is 6.60. The average molecular weight is 200 g/mol. The van der Waals surface area contributed by atoms with Crippen LogP contribution in [-0.4, -0.2) is 31.2 Å². The highest BCUT2D eigenvalue weighted by molar-refractivity contribution is 5.81. The second-order valence-corrected chi connectivity index (χ2v) is 4.01. The summed E-state index contributed by atoms with van der Waals surface area (Å²) in [5.74, 6) is -0.336. The quantitative estimate of drug-likeness (QED) is 0.497. The molecule has 1 N–H and O–H groups in total. The number of hydrogen-bond donors (Lipinski definition) is 1. The molecule has 0 spiro atoms. The Morgan fingerprint density at radius 2 is 1.86 bits per heavy atom. The molecule has 0 aromatic heterocycles. The highest BCUT2D eigenvalue weighted by Gasteiger charge is 2.16. The van der Waals surface area contributed by atoms with Gasteiger partial charge in [0.05, 0.1) is 12.1 Å². The van der Waals surface area contributed by atoms with E-state index in [9.17, 15) is 4.79 Å². The van der Waals surface area contributed by atoms with E-state index in [-0.39, 0.29) is 5.97 Å². The molecule has 0 aromatic rings. The van der Waals surface area contributed by atoms with Crippen molar-refractivity contribution in [3.05, 3.63) is 12.7 Å². The van der Waals surface area contributed by atoms with Crippen molar-refractivity contribution >= 4 is 5.97 Å². The summed E-state index contributed by atoms with van der Waals surface area (Å²) in [6, 6.07) is 1.11. The second-order valence-electron chi connectivity index (χ2n) is 4.01. The number of hydrogen-bond acceptors (Lipinski definition) is 2. The average Bonchev–Trinajstić information content (AvgIpc) is 2.10. The topological polar surface area (TPSA) is 30.7 Å². The molecule has 14 heavy (non-hydrogen) atoms. The van der Waals surface area contributed by atoms with Crippen LogP contribution in [0.1, 0.15) is 27.7 Å². The van der Waals surface area contributed by atoms with Gasteiger partial charge in [0.2, 0.25) is 0 Å². The molecule has 0 aliphatic rings. The van der Waals surface area contributed by atoms with Crippen molar-refractivity contribution in [2.45, 2.75) is 39.8 Å². The van der Waals surface area contributed by atoms with Crippen LogP contribution in [0, 0.1) is 0 Å². The first-order valence-corrected chi connectivity index (χ1v) is 5.13. The first-order chi connectivity index (χ1) is 6.49. The molecule has 0 fully saturated rings. The smallest absolute Gasteiger partial charge is 0.330 e. The number of ether oxygens (including phenoxy) is 1. The van der Waals surface area contributed by atoms with E-state index < -0.39 is 0 Å². The van der Waals surface area contributed by atoms with E-state index in [0.717, 1.165) is 6.54 Å². The van der Waals surface area contributed by atoms with Crippen molar-refractivity contribution in [1.29, 1.82) is 0 Å². The molecule has 3 nitrogen and oxygen atoms in total. The zero-order chi connectivity index (χ0) is 11.1. The van der Waals surface area contributed by atoms with Gasteiger partial charge in [0.1, 0.15) is 13.2 Å². The molecule has 82 valence electrons. The predicted molar refractivity (Wildman–Crippen MR) is 57.3 cm³/mol. The third kappa shape index (κ3) is 5.02. The lowest BCUT2D eigenvalue weighted by molar-refractivity contribution is -0.942. The zero-order valence-corrected chi connectivity index (χ0v) is 9.67. The third-order valence-electron chi connectivity index (χ3n) is 2.28. The molecule has 0 bridgehead atoms. The Labute approximate surface area is 86.7 Å². The lowest BCUT2D eigenvalue weighted by atomic mass is 10.2. The lowest BCUT2D eigenvalue weighted by Crippen LogP contribution is -3.18. The van der Waals surface area contributed by atoms with Gasteiger partial charge in [-0.1, -0.05) is 6.58 Å². The van der Waals surface area contributed by atoms with Gasteiger partial charge in [0.15, 0.2) is 0 Å². The standard InChI is InChI=1S/C11H21NO2/c1-6-11(13)14-8-7-12(9(2)3)10(4)5/h6,9-10H,1,7-8H2,2-5H3/p+1. The number of carbonyl (C=O) groups excluding carboxylic acids is 1. The van der Waals surface area contributed by atoms with Crippen LogP contribution in [0.3, 0.4) is 0 Å². The van der Waals surface area contributed by atoms with Crippen molar-refractivity contribution in [2.75, 3.05) is 13.2 Å². The molecular weight excluding hydrogens is 178 g/mol. The van der Waals surface area contributed by atoms with Crippen molar-refractivity contribution < 1.29 is 14.4 Å². The van der Waals surface area contributed by atoms with Gasteiger partial charge >= 0.3 is 5.97 Å². The van der Waals surface area contributed by atoms with Crippen LogP contribution < -0.4 is 4.90 Å². The van der Waals surface area contributed by atoms with E-state index in [0.29, 0.717) is 18.7 Å². The maximum atomic E-state index is 10.8. The number of nitrogens with one attached hydrogen (secondary N) is 1. The maximum absolute atomic E-state index is 10.8. The van der Waals surface area contributed by atoms with Gasteiger partial charge in [0.25, 0.3) is 0 Å². The zero-order valence-electron chi connectivity index (χ0n) is 9.67. The van der Waals surface area contributed by atoms with E-state index in [1.165, 1.54) is 11.0 Å². The van der Waals surface area contributed by atoms with E-state index in [2.05, 4.69) is 34.3 Å². The monoisotopic (exact) mass is 200 g/mol. The molecule has 0 aliphatic heterocycles. The third-order valence-corrected chi connectivity index (χ3v) is 2.28. The first kappa shape index (κ1) is 13.2. The number of carbonyl (C=O) groups is 1. The first-order valence-electron chi connectivity index (χ1n) is 5.13. The van der Waals surface area contributed by atoms with E-state index in [4.69, 9.17) is 4.74 Å². The summed E-state index contributed by atoms with van der Waals surface area (Å²) in [6.45, 7) is 13.4. The molecular formula is C11H22NO2+. The molecule has 0 saturated heterocycles. The lowest BCUT2D eigenvalue weighted by Gasteiger charge is -2.26. The Balaban J connectivity index is 3.83. The molecule has 0 atom stereocenters. The van der Waals surface area contributed by atoms with Gasteiger partial charge in [-0.15, -0.1) is 0 Å². The Morgan fingerprint density at radius 1 is 1.36 bits per heavy atom. The van der Waals surface area contributed by atoms with Crippen molar-refractivity contribution in [2.24, 2.45) is 0 Å². The van der Waals surface area contributed by atoms with Crippen LogP contribution in [0.2, 0.25) is 0 Å². The van der Waals surface area contributed by atoms with Crippen LogP contribution in [-0.2, 0) is 9.53 Å². The Kier molecular flexibility index (Phi) is 6.21. The van der Waals surface area contributed by atoms with Crippen LogP contribution in [0.5, 0.6) is 0 Å². The molecule has 0 heterocycles. The maximum Gasteiger partial charge on any atom is 0.330 e. The van der Waals surface area contributed by atoms with E-state index >= 15 is 0 Å².